The second kappa shape index (κ2) is 7.17. The van der Waals surface area contributed by atoms with Crippen LogP contribution in [-0.4, -0.2) is 40.9 Å². The van der Waals surface area contributed by atoms with Gasteiger partial charge in [-0.15, -0.1) is 0 Å². The van der Waals surface area contributed by atoms with Crippen LogP contribution < -0.4 is 5.32 Å². The van der Waals surface area contributed by atoms with Gasteiger partial charge in [-0.2, -0.15) is 0 Å². The number of hydrogen-bond donors (Lipinski definition) is 2. The van der Waals surface area contributed by atoms with E-state index in [1.165, 1.54) is 24.3 Å². The van der Waals surface area contributed by atoms with Crippen LogP contribution in [0, 0.1) is 0 Å². The van der Waals surface area contributed by atoms with Gasteiger partial charge in [0.25, 0.3) is 5.91 Å². The number of carbonyl (C=O) groups excluding carboxylic acids is 2. The molecule has 1 saturated heterocycles. The molecule has 1 aliphatic heterocycles. The number of rotatable bonds is 3. The minimum absolute atomic E-state index is 0.0922. The highest BCUT2D eigenvalue weighted by atomic mass is 16.4. The Bertz CT molecular complexity index is 787. The van der Waals surface area contributed by atoms with Crippen LogP contribution in [0.1, 0.15) is 38.7 Å². The molecule has 3 rings (SSSR count). The molecule has 0 aromatic heterocycles. The number of aromatic carboxylic acids is 1. The van der Waals surface area contributed by atoms with Crippen LogP contribution in [0.15, 0.2) is 54.6 Å². The van der Waals surface area contributed by atoms with Crippen LogP contribution in [-0.2, 0) is 4.79 Å². The van der Waals surface area contributed by atoms with E-state index in [1.807, 2.05) is 30.3 Å². The monoisotopic (exact) mass is 338 g/mol. The summed E-state index contributed by atoms with van der Waals surface area (Å²) in [4.78, 5) is 37.6. The summed E-state index contributed by atoms with van der Waals surface area (Å²) in [6.45, 7) is 0.784. The topological polar surface area (TPSA) is 86.7 Å². The molecule has 1 atom stereocenters. The molecule has 6 heteroatoms. The minimum Gasteiger partial charge on any atom is -0.478 e. The second-order valence-electron chi connectivity index (χ2n) is 5.86. The van der Waals surface area contributed by atoms with Gasteiger partial charge in [0, 0.05) is 18.7 Å². The highest BCUT2D eigenvalue weighted by molar-refractivity contribution is 5.96. The Kier molecular flexibility index (Phi) is 4.79. The zero-order valence-corrected chi connectivity index (χ0v) is 13.5. The zero-order chi connectivity index (χ0) is 17.8. The molecular weight excluding hydrogens is 320 g/mol. The number of nitrogens with zero attached hydrogens (tertiary/aromatic N) is 1. The summed E-state index contributed by atoms with van der Waals surface area (Å²) < 4.78 is 0. The molecule has 6 nitrogen and oxygen atoms in total. The van der Waals surface area contributed by atoms with Crippen molar-refractivity contribution < 1.29 is 19.5 Å². The fourth-order valence-electron chi connectivity index (χ4n) is 2.97. The quantitative estimate of drug-likeness (QED) is 0.897. The first-order valence-electron chi connectivity index (χ1n) is 8.02. The van der Waals surface area contributed by atoms with Crippen molar-refractivity contribution in [2.75, 3.05) is 13.1 Å². The maximum absolute atomic E-state index is 13.0. The molecule has 2 aromatic carbocycles. The summed E-state index contributed by atoms with van der Waals surface area (Å²) >= 11 is 0. The molecule has 0 radical (unpaired) electrons. The molecule has 2 amide bonds. The molecule has 128 valence electrons. The van der Waals surface area contributed by atoms with Gasteiger partial charge in [0.2, 0.25) is 5.91 Å². The van der Waals surface area contributed by atoms with Gasteiger partial charge in [-0.1, -0.05) is 30.3 Å². The Labute approximate surface area is 145 Å². The molecule has 0 aliphatic carbocycles. The first-order valence-corrected chi connectivity index (χ1v) is 8.02. The lowest BCUT2D eigenvalue weighted by atomic mass is 10.0. The van der Waals surface area contributed by atoms with E-state index in [-0.39, 0.29) is 29.8 Å². The molecule has 25 heavy (non-hydrogen) atoms. The molecule has 0 bridgehead atoms. The van der Waals surface area contributed by atoms with E-state index in [0.29, 0.717) is 18.7 Å². The maximum Gasteiger partial charge on any atom is 0.335 e. The van der Waals surface area contributed by atoms with Crippen molar-refractivity contribution in [1.29, 1.82) is 0 Å². The lowest BCUT2D eigenvalue weighted by Crippen LogP contribution is -2.36. The predicted molar refractivity (Wildman–Crippen MR) is 91.2 cm³/mol. The molecule has 1 unspecified atom stereocenters. The van der Waals surface area contributed by atoms with Gasteiger partial charge >= 0.3 is 5.97 Å². The number of carboxylic acid groups (broad SMARTS) is 1. The Morgan fingerprint density at radius 1 is 1.00 bits per heavy atom. The summed E-state index contributed by atoms with van der Waals surface area (Å²) in [6.07, 6.45) is 0.197. The lowest BCUT2D eigenvalue weighted by molar-refractivity contribution is -0.121. The van der Waals surface area contributed by atoms with Crippen molar-refractivity contribution in [1.82, 2.24) is 10.2 Å². The van der Waals surface area contributed by atoms with Crippen LogP contribution in [0.25, 0.3) is 0 Å². The van der Waals surface area contributed by atoms with Gasteiger partial charge in [-0.25, -0.2) is 4.79 Å². The largest absolute Gasteiger partial charge is 0.478 e. The fourth-order valence-corrected chi connectivity index (χ4v) is 2.97. The van der Waals surface area contributed by atoms with E-state index < -0.39 is 5.97 Å². The first-order chi connectivity index (χ1) is 12.1. The highest BCUT2D eigenvalue weighted by Gasteiger charge is 2.30. The van der Waals surface area contributed by atoms with Crippen LogP contribution >= 0.6 is 0 Å². The first kappa shape index (κ1) is 16.7. The average Bonchev–Trinajstić information content (AvgIpc) is 2.83. The zero-order valence-electron chi connectivity index (χ0n) is 13.5. The van der Waals surface area contributed by atoms with Crippen molar-refractivity contribution in [3.05, 3.63) is 71.3 Å². The van der Waals surface area contributed by atoms with E-state index in [4.69, 9.17) is 5.11 Å². The second-order valence-corrected chi connectivity index (χ2v) is 5.86. The third-order valence-electron chi connectivity index (χ3n) is 4.25. The number of carboxylic acids is 1. The normalized spacial score (nSPS) is 17.5. The van der Waals surface area contributed by atoms with Gasteiger partial charge in [0.1, 0.15) is 0 Å². The highest BCUT2D eigenvalue weighted by Crippen LogP contribution is 2.27. The van der Waals surface area contributed by atoms with Crippen molar-refractivity contribution >= 4 is 17.8 Å². The molecular formula is C19H18N2O4. The standard InChI is InChI=1S/C19H18N2O4/c22-17-12-16(13-4-2-1-3-5-13)21(11-10-20-17)18(23)14-6-8-15(9-7-14)19(24)25/h1-9,16H,10-12H2,(H,20,22)(H,24,25). The number of nitrogens with one attached hydrogen (secondary N) is 1. The Morgan fingerprint density at radius 3 is 2.28 bits per heavy atom. The molecule has 1 fully saturated rings. The van der Waals surface area contributed by atoms with Crippen molar-refractivity contribution in [2.45, 2.75) is 12.5 Å². The Hall–Kier alpha value is -3.15. The maximum atomic E-state index is 13.0. The number of benzene rings is 2. The predicted octanol–water partition coefficient (Wildman–Crippen LogP) is 2.09. The molecule has 2 N–H and O–H groups in total. The van der Waals surface area contributed by atoms with Crippen molar-refractivity contribution in [2.24, 2.45) is 0 Å². The van der Waals surface area contributed by atoms with Gasteiger partial charge in [0.05, 0.1) is 18.0 Å². The van der Waals surface area contributed by atoms with Gasteiger partial charge in [-0.05, 0) is 29.8 Å². The van der Waals surface area contributed by atoms with E-state index in [2.05, 4.69) is 5.32 Å². The summed E-state index contributed by atoms with van der Waals surface area (Å²) in [6, 6.07) is 14.9. The number of hydrogen-bond acceptors (Lipinski definition) is 3. The van der Waals surface area contributed by atoms with Gasteiger partial charge in [0.15, 0.2) is 0 Å². The van der Waals surface area contributed by atoms with Gasteiger partial charge < -0.3 is 15.3 Å². The SMILES string of the molecule is O=C1CC(c2ccccc2)N(C(=O)c2ccc(C(=O)O)cc2)CCN1. The third-order valence-corrected chi connectivity index (χ3v) is 4.25. The smallest absolute Gasteiger partial charge is 0.335 e. The molecule has 0 saturated carbocycles. The summed E-state index contributed by atoms with van der Waals surface area (Å²) in [5.41, 5.74) is 1.43. The third kappa shape index (κ3) is 3.68. The fraction of sp³-hybridized carbons (Fsp3) is 0.211. The Morgan fingerprint density at radius 2 is 1.64 bits per heavy atom. The molecule has 0 spiro atoms. The summed E-state index contributed by atoms with van der Waals surface area (Å²) in [5, 5.41) is 11.8. The molecule has 2 aromatic rings. The lowest BCUT2D eigenvalue weighted by Gasteiger charge is -2.29. The number of amides is 2. The van der Waals surface area contributed by atoms with Gasteiger partial charge in [-0.3, -0.25) is 9.59 Å². The van der Waals surface area contributed by atoms with Crippen molar-refractivity contribution in [3.63, 3.8) is 0 Å². The minimum atomic E-state index is -1.04. The van der Waals surface area contributed by atoms with Crippen LogP contribution in [0.4, 0.5) is 0 Å². The van der Waals surface area contributed by atoms with Crippen molar-refractivity contribution in [3.8, 4) is 0 Å². The van der Waals surface area contributed by atoms with E-state index in [1.54, 1.807) is 4.90 Å². The van der Waals surface area contributed by atoms with E-state index in [0.717, 1.165) is 5.56 Å². The van der Waals surface area contributed by atoms with E-state index >= 15 is 0 Å². The molecule has 1 aliphatic rings. The molecule has 1 heterocycles. The number of carbonyl (C=O) groups is 3. The van der Waals surface area contributed by atoms with Crippen LogP contribution in [0.5, 0.6) is 0 Å². The average molecular weight is 338 g/mol. The van der Waals surface area contributed by atoms with Crippen LogP contribution in [0.3, 0.4) is 0 Å². The summed E-state index contributed by atoms with van der Waals surface area (Å²) in [5.74, 6) is -1.35. The van der Waals surface area contributed by atoms with Crippen LogP contribution in [0.2, 0.25) is 0 Å². The summed E-state index contributed by atoms with van der Waals surface area (Å²) in [7, 11) is 0. The van der Waals surface area contributed by atoms with E-state index in [9.17, 15) is 14.4 Å². The Balaban J connectivity index is 1.92.